The van der Waals surface area contributed by atoms with Gasteiger partial charge >= 0.3 is 0 Å². The third-order valence-corrected chi connectivity index (χ3v) is 2.94. The molecule has 1 aromatic carbocycles. The number of aliphatic imine (C=N–C) groups is 1. The van der Waals surface area contributed by atoms with Gasteiger partial charge in [-0.15, -0.1) is 0 Å². The van der Waals surface area contributed by atoms with Crippen molar-refractivity contribution in [2.75, 3.05) is 18.5 Å². The molecule has 92 valence electrons. The first kappa shape index (κ1) is 11.9. The fraction of sp³-hybridized carbons (Fsp3) is 0.462. The van der Waals surface area contributed by atoms with E-state index >= 15 is 0 Å². The maximum absolute atomic E-state index is 11.9. The van der Waals surface area contributed by atoms with Crippen molar-refractivity contribution >= 4 is 11.6 Å². The van der Waals surface area contributed by atoms with Crippen molar-refractivity contribution < 1.29 is 4.39 Å². The van der Waals surface area contributed by atoms with Crippen LogP contribution >= 0.6 is 0 Å². The van der Waals surface area contributed by atoms with Crippen LogP contribution in [0.3, 0.4) is 0 Å². The summed E-state index contributed by atoms with van der Waals surface area (Å²) in [5.74, 6) is 0.358. The Labute approximate surface area is 101 Å². The number of hydrogen-bond acceptors (Lipinski definition) is 1. The number of nitrogens with one attached hydrogen (secondary N) is 1. The molecule has 17 heavy (non-hydrogen) atoms. The van der Waals surface area contributed by atoms with Gasteiger partial charge in [-0.25, -0.2) is 0 Å². The Hall–Kier alpha value is -1.58. The number of anilines is 1. The fourth-order valence-corrected chi connectivity index (χ4v) is 2.10. The Morgan fingerprint density at radius 1 is 1.35 bits per heavy atom. The van der Waals surface area contributed by atoms with Gasteiger partial charge < -0.3 is 11.1 Å². The van der Waals surface area contributed by atoms with E-state index in [2.05, 4.69) is 22.4 Å². The molecule has 3 N–H and O–H groups in total. The second-order valence-corrected chi connectivity index (χ2v) is 4.27. The Balaban J connectivity index is 1.96. The molecule has 0 aromatic heterocycles. The summed E-state index contributed by atoms with van der Waals surface area (Å²) < 4.78 is 11.9. The van der Waals surface area contributed by atoms with Crippen LogP contribution in [0.2, 0.25) is 0 Å². The number of benzene rings is 1. The molecule has 0 spiro atoms. The van der Waals surface area contributed by atoms with Crippen LogP contribution in [0.1, 0.15) is 24.0 Å². The Kier molecular flexibility index (Phi) is 3.96. The molecule has 0 fully saturated rings. The first-order valence-corrected chi connectivity index (χ1v) is 6.04. The summed E-state index contributed by atoms with van der Waals surface area (Å²) in [5.41, 5.74) is 9.50. The van der Waals surface area contributed by atoms with Crippen molar-refractivity contribution in [2.45, 2.75) is 25.7 Å². The third-order valence-electron chi connectivity index (χ3n) is 2.94. The number of nitrogens with two attached hydrogens (primary N) is 1. The second kappa shape index (κ2) is 5.66. The highest BCUT2D eigenvalue weighted by Crippen LogP contribution is 2.24. The molecule has 4 heteroatoms. The number of nitrogens with zero attached hydrogens (tertiary/aromatic N) is 1. The number of rotatable bonds is 4. The lowest BCUT2D eigenvalue weighted by molar-refractivity contribution is 0.477. The van der Waals surface area contributed by atoms with E-state index in [1.165, 1.54) is 24.0 Å². The Bertz CT molecular complexity index is 415. The van der Waals surface area contributed by atoms with E-state index in [1.807, 2.05) is 6.07 Å². The molecule has 1 aromatic rings. The highest BCUT2D eigenvalue weighted by Gasteiger charge is 2.10. The number of fused-ring (bicyclic) bond motifs is 1. The highest BCUT2D eigenvalue weighted by molar-refractivity contribution is 5.92. The monoisotopic (exact) mass is 235 g/mol. The number of halogens is 1. The molecular formula is C13H18FN3. The molecule has 0 saturated carbocycles. The predicted octanol–water partition coefficient (Wildman–Crippen LogP) is 2.26. The van der Waals surface area contributed by atoms with Crippen LogP contribution in [0.25, 0.3) is 0 Å². The largest absolute Gasteiger partial charge is 0.370 e. The molecular weight excluding hydrogens is 217 g/mol. The predicted molar refractivity (Wildman–Crippen MR) is 69.2 cm³/mol. The van der Waals surface area contributed by atoms with Crippen LogP contribution in [0.15, 0.2) is 23.2 Å². The summed E-state index contributed by atoms with van der Waals surface area (Å²) >= 11 is 0. The topological polar surface area (TPSA) is 50.4 Å². The molecule has 3 nitrogen and oxygen atoms in total. The van der Waals surface area contributed by atoms with Crippen LogP contribution in [-0.4, -0.2) is 19.2 Å². The summed E-state index contributed by atoms with van der Waals surface area (Å²) in [6, 6.07) is 6.28. The number of alkyl halides is 1. The molecule has 0 amide bonds. The molecule has 0 atom stereocenters. The average molecular weight is 235 g/mol. The smallest absolute Gasteiger partial charge is 0.193 e. The Morgan fingerprint density at radius 3 is 3.00 bits per heavy atom. The zero-order valence-corrected chi connectivity index (χ0v) is 9.88. The van der Waals surface area contributed by atoms with Crippen molar-refractivity contribution in [3.8, 4) is 0 Å². The van der Waals surface area contributed by atoms with Crippen LogP contribution in [0, 0.1) is 0 Å². The van der Waals surface area contributed by atoms with Gasteiger partial charge in [0, 0.05) is 12.2 Å². The zero-order valence-electron chi connectivity index (χ0n) is 9.88. The van der Waals surface area contributed by atoms with Gasteiger partial charge in [0.15, 0.2) is 5.96 Å². The zero-order chi connectivity index (χ0) is 12.1. The van der Waals surface area contributed by atoms with Crippen molar-refractivity contribution in [1.29, 1.82) is 0 Å². The number of hydrogen-bond donors (Lipinski definition) is 2. The van der Waals surface area contributed by atoms with Gasteiger partial charge in [-0.2, -0.15) is 0 Å². The summed E-state index contributed by atoms with van der Waals surface area (Å²) in [6.45, 7) is 0.0793. The summed E-state index contributed by atoms with van der Waals surface area (Å²) in [5, 5.41) is 3.04. The van der Waals surface area contributed by atoms with Crippen molar-refractivity contribution in [2.24, 2.45) is 10.7 Å². The van der Waals surface area contributed by atoms with Gasteiger partial charge in [0.1, 0.15) is 0 Å². The highest BCUT2D eigenvalue weighted by atomic mass is 19.1. The second-order valence-electron chi connectivity index (χ2n) is 4.27. The van der Waals surface area contributed by atoms with Gasteiger partial charge in [0.2, 0.25) is 0 Å². The van der Waals surface area contributed by atoms with Gasteiger partial charge in [-0.05, 0) is 48.9 Å². The molecule has 0 saturated heterocycles. The van der Waals surface area contributed by atoms with Crippen molar-refractivity contribution in [3.05, 3.63) is 29.3 Å². The maximum Gasteiger partial charge on any atom is 0.193 e. The van der Waals surface area contributed by atoms with Gasteiger partial charge in [0.25, 0.3) is 0 Å². The van der Waals surface area contributed by atoms with Gasteiger partial charge in [-0.3, -0.25) is 9.38 Å². The van der Waals surface area contributed by atoms with E-state index in [0.29, 0.717) is 18.9 Å². The van der Waals surface area contributed by atoms with Crippen molar-refractivity contribution in [3.63, 3.8) is 0 Å². The maximum atomic E-state index is 11.9. The normalized spacial score (nSPS) is 14.8. The van der Waals surface area contributed by atoms with E-state index in [9.17, 15) is 4.39 Å². The SMILES string of the molecule is NC(=NCCCF)Nc1ccc2c(c1)CCC2. The molecule has 0 heterocycles. The minimum Gasteiger partial charge on any atom is -0.370 e. The Morgan fingerprint density at radius 2 is 2.18 bits per heavy atom. The molecule has 0 radical (unpaired) electrons. The third kappa shape index (κ3) is 3.19. The molecule has 0 aliphatic heterocycles. The lowest BCUT2D eigenvalue weighted by Gasteiger charge is -2.07. The van der Waals surface area contributed by atoms with Gasteiger partial charge in [0.05, 0.1) is 6.67 Å². The van der Waals surface area contributed by atoms with Crippen LogP contribution in [0.5, 0.6) is 0 Å². The van der Waals surface area contributed by atoms with E-state index in [0.717, 1.165) is 12.1 Å². The molecule has 1 aliphatic rings. The lowest BCUT2D eigenvalue weighted by Crippen LogP contribution is -2.23. The van der Waals surface area contributed by atoms with E-state index < -0.39 is 0 Å². The van der Waals surface area contributed by atoms with Gasteiger partial charge in [-0.1, -0.05) is 6.07 Å². The lowest BCUT2D eigenvalue weighted by atomic mass is 10.1. The van der Waals surface area contributed by atoms with Crippen LogP contribution in [-0.2, 0) is 12.8 Å². The van der Waals surface area contributed by atoms with Crippen LogP contribution in [0.4, 0.5) is 10.1 Å². The molecule has 1 aliphatic carbocycles. The van der Waals surface area contributed by atoms with E-state index in [4.69, 9.17) is 5.73 Å². The minimum absolute atomic E-state index is 0.352. The minimum atomic E-state index is -0.352. The summed E-state index contributed by atoms with van der Waals surface area (Å²) in [4.78, 5) is 4.05. The molecule has 0 unspecified atom stereocenters. The quantitative estimate of drug-likeness (QED) is 0.478. The molecule has 0 bridgehead atoms. The first-order chi connectivity index (χ1) is 8.29. The van der Waals surface area contributed by atoms with E-state index in [-0.39, 0.29) is 6.67 Å². The first-order valence-electron chi connectivity index (χ1n) is 6.04. The average Bonchev–Trinajstić information content (AvgIpc) is 2.76. The molecule has 2 rings (SSSR count). The number of guanidine groups is 1. The number of aryl methyl sites for hydroxylation is 2. The van der Waals surface area contributed by atoms with Crippen molar-refractivity contribution in [1.82, 2.24) is 0 Å². The van der Waals surface area contributed by atoms with E-state index in [1.54, 1.807) is 0 Å². The fourth-order valence-electron chi connectivity index (χ4n) is 2.10. The summed E-state index contributed by atoms with van der Waals surface area (Å²) in [6.07, 6.45) is 3.98. The van der Waals surface area contributed by atoms with Crippen LogP contribution < -0.4 is 11.1 Å². The standard InChI is InChI=1S/C13H18FN3/c14-7-2-8-16-13(15)17-12-6-5-10-3-1-4-11(10)9-12/h5-6,9H,1-4,7-8H2,(H3,15,16,17). The summed E-state index contributed by atoms with van der Waals surface area (Å²) in [7, 11) is 0.